The third kappa shape index (κ3) is 4.25. The molecule has 2 aliphatic rings. The van der Waals surface area contributed by atoms with Crippen molar-refractivity contribution >= 4 is 11.9 Å². The van der Waals surface area contributed by atoms with Crippen molar-refractivity contribution in [1.82, 2.24) is 4.90 Å². The predicted molar refractivity (Wildman–Crippen MR) is 88.1 cm³/mol. The number of carboxylic acid groups (broad SMARTS) is 1. The van der Waals surface area contributed by atoms with Gasteiger partial charge >= 0.3 is 5.97 Å². The summed E-state index contributed by atoms with van der Waals surface area (Å²) < 4.78 is 5.75. The summed E-state index contributed by atoms with van der Waals surface area (Å²) in [5.41, 5.74) is 0. The van der Waals surface area contributed by atoms with Gasteiger partial charge in [0.05, 0.1) is 24.0 Å². The third-order valence-electron chi connectivity index (χ3n) is 5.22. The van der Waals surface area contributed by atoms with E-state index in [9.17, 15) is 14.7 Å². The zero-order valence-corrected chi connectivity index (χ0v) is 14.5. The first-order chi connectivity index (χ1) is 11.1. The molecule has 0 aromatic rings. The highest BCUT2D eigenvalue weighted by molar-refractivity contribution is 5.86. The number of unbranched alkanes of at least 4 members (excludes halogenated alkanes) is 4. The van der Waals surface area contributed by atoms with Crippen LogP contribution in [0.3, 0.4) is 0 Å². The van der Waals surface area contributed by atoms with E-state index in [1.807, 2.05) is 4.90 Å². The second-order valence-electron chi connectivity index (χ2n) is 6.92. The van der Waals surface area contributed by atoms with Crippen LogP contribution < -0.4 is 0 Å². The number of carbonyl (C=O) groups excluding carboxylic acids is 1. The number of hydrogen-bond acceptors (Lipinski definition) is 3. The Labute approximate surface area is 139 Å². The van der Waals surface area contributed by atoms with Gasteiger partial charge in [0, 0.05) is 13.1 Å². The van der Waals surface area contributed by atoms with Gasteiger partial charge in [0.2, 0.25) is 5.91 Å². The third-order valence-corrected chi connectivity index (χ3v) is 5.22. The normalized spacial score (nSPS) is 29.0. The van der Waals surface area contributed by atoms with E-state index in [4.69, 9.17) is 4.74 Å². The Morgan fingerprint density at radius 3 is 1.96 bits per heavy atom. The maximum absolute atomic E-state index is 13.0. The van der Waals surface area contributed by atoms with Gasteiger partial charge in [-0.3, -0.25) is 9.59 Å². The van der Waals surface area contributed by atoms with Crippen LogP contribution in [0.25, 0.3) is 0 Å². The molecule has 0 radical (unpaired) electrons. The minimum atomic E-state index is -0.877. The number of nitrogens with zero attached hydrogens (tertiary/aromatic N) is 1. The first-order valence-electron chi connectivity index (χ1n) is 9.27. The molecule has 2 heterocycles. The Balaban J connectivity index is 2.03. The van der Waals surface area contributed by atoms with E-state index in [1.165, 1.54) is 0 Å². The van der Waals surface area contributed by atoms with Crippen molar-refractivity contribution in [1.29, 1.82) is 0 Å². The zero-order chi connectivity index (χ0) is 16.8. The molecule has 1 N–H and O–H groups in total. The van der Waals surface area contributed by atoms with Crippen LogP contribution in [0, 0.1) is 11.8 Å². The number of carboxylic acids is 1. The maximum atomic E-state index is 13.0. The molecule has 5 nitrogen and oxygen atoms in total. The van der Waals surface area contributed by atoms with Crippen LogP contribution in [0.1, 0.15) is 65.2 Å². The van der Waals surface area contributed by atoms with Gasteiger partial charge in [0.15, 0.2) is 0 Å². The standard InChI is InChI=1S/C18H31NO4/c1-3-5-7-11-19(12-8-6-4-2)17(20)15-13-9-10-14(23-13)16(15)18(21)22/h13-16H,3-12H2,1-2H3,(H,21,22)/t13-,14-,15+,16-/m1/s1. The molecule has 2 bridgehead atoms. The van der Waals surface area contributed by atoms with E-state index in [0.717, 1.165) is 64.5 Å². The smallest absolute Gasteiger partial charge is 0.310 e. The summed E-state index contributed by atoms with van der Waals surface area (Å²) in [5.74, 6) is -2.00. The molecule has 0 aliphatic carbocycles. The molecule has 132 valence electrons. The SMILES string of the molecule is CCCCCN(CCCCC)C(=O)[C@@H]1[C@H](C(=O)O)[C@H]2CC[C@H]1O2. The summed E-state index contributed by atoms with van der Waals surface area (Å²) in [6.07, 6.45) is 7.58. The lowest BCUT2D eigenvalue weighted by atomic mass is 9.78. The van der Waals surface area contributed by atoms with E-state index in [2.05, 4.69) is 13.8 Å². The summed E-state index contributed by atoms with van der Waals surface area (Å²) in [6, 6.07) is 0. The van der Waals surface area contributed by atoms with Crippen LogP contribution in [-0.2, 0) is 14.3 Å². The van der Waals surface area contributed by atoms with Gasteiger partial charge in [-0.2, -0.15) is 0 Å². The Bertz CT molecular complexity index is 402. The van der Waals surface area contributed by atoms with Crippen LogP contribution >= 0.6 is 0 Å². The monoisotopic (exact) mass is 325 g/mol. The van der Waals surface area contributed by atoms with Gasteiger partial charge in [-0.25, -0.2) is 0 Å². The summed E-state index contributed by atoms with van der Waals surface area (Å²) in [7, 11) is 0. The zero-order valence-electron chi connectivity index (χ0n) is 14.5. The van der Waals surface area contributed by atoms with Crippen LogP contribution in [0.4, 0.5) is 0 Å². The summed E-state index contributed by atoms with van der Waals surface area (Å²) in [4.78, 5) is 26.5. The molecule has 0 aromatic heterocycles. The van der Waals surface area contributed by atoms with Crippen LogP contribution in [-0.4, -0.2) is 47.2 Å². The number of amides is 1. The Kier molecular flexibility index (Phi) is 6.88. The van der Waals surface area contributed by atoms with Crippen LogP contribution in [0.5, 0.6) is 0 Å². The van der Waals surface area contributed by atoms with Crippen molar-refractivity contribution in [3.8, 4) is 0 Å². The van der Waals surface area contributed by atoms with E-state index < -0.39 is 17.8 Å². The summed E-state index contributed by atoms with van der Waals surface area (Å²) in [6.45, 7) is 5.79. The predicted octanol–water partition coefficient (Wildman–Crippen LogP) is 3.07. The molecule has 2 rings (SSSR count). The minimum Gasteiger partial charge on any atom is -0.481 e. The van der Waals surface area contributed by atoms with Crippen molar-refractivity contribution < 1.29 is 19.4 Å². The summed E-state index contributed by atoms with van der Waals surface area (Å²) in [5, 5.41) is 9.51. The number of ether oxygens (including phenoxy) is 1. The van der Waals surface area contributed by atoms with E-state index in [0.29, 0.717) is 0 Å². The molecular formula is C18H31NO4. The van der Waals surface area contributed by atoms with Crippen LogP contribution in [0.15, 0.2) is 0 Å². The van der Waals surface area contributed by atoms with Gasteiger partial charge in [0.1, 0.15) is 0 Å². The first kappa shape index (κ1) is 18.2. The first-order valence-corrected chi connectivity index (χ1v) is 9.27. The molecule has 2 aliphatic heterocycles. The molecule has 0 aromatic carbocycles. The topological polar surface area (TPSA) is 66.8 Å². The molecule has 5 heteroatoms. The fourth-order valence-electron chi connectivity index (χ4n) is 3.95. The van der Waals surface area contributed by atoms with Crippen molar-refractivity contribution in [2.75, 3.05) is 13.1 Å². The Morgan fingerprint density at radius 1 is 0.957 bits per heavy atom. The van der Waals surface area contributed by atoms with Crippen molar-refractivity contribution in [2.45, 2.75) is 77.4 Å². The van der Waals surface area contributed by atoms with Gasteiger partial charge < -0.3 is 14.7 Å². The Morgan fingerprint density at radius 2 is 1.48 bits per heavy atom. The second kappa shape index (κ2) is 8.67. The maximum Gasteiger partial charge on any atom is 0.310 e. The fourth-order valence-corrected chi connectivity index (χ4v) is 3.95. The second-order valence-corrected chi connectivity index (χ2v) is 6.92. The summed E-state index contributed by atoms with van der Waals surface area (Å²) >= 11 is 0. The molecule has 23 heavy (non-hydrogen) atoms. The average Bonchev–Trinajstić information content (AvgIpc) is 3.14. The number of hydrogen-bond donors (Lipinski definition) is 1. The van der Waals surface area contributed by atoms with E-state index in [1.54, 1.807) is 0 Å². The fraction of sp³-hybridized carbons (Fsp3) is 0.889. The average molecular weight is 325 g/mol. The molecule has 2 saturated heterocycles. The molecule has 0 unspecified atom stereocenters. The lowest BCUT2D eigenvalue weighted by Crippen LogP contribution is -2.46. The van der Waals surface area contributed by atoms with Gasteiger partial charge in [-0.05, 0) is 25.7 Å². The van der Waals surface area contributed by atoms with E-state index >= 15 is 0 Å². The van der Waals surface area contributed by atoms with Crippen molar-refractivity contribution in [2.24, 2.45) is 11.8 Å². The van der Waals surface area contributed by atoms with Crippen molar-refractivity contribution in [3.63, 3.8) is 0 Å². The quantitative estimate of drug-likeness (QED) is 0.627. The molecule has 0 spiro atoms. The lowest BCUT2D eigenvalue weighted by Gasteiger charge is -2.31. The largest absolute Gasteiger partial charge is 0.481 e. The van der Waals surface area contributed by atoms with Gasteiger partial charge in [0.25, 0.3) is 0 Å². The highest BCUT2D eigenvalue weighted by Gasteiger charge is 2.56. The van der Waals surface area contributed by atoms with Crippen LogP contribution in [0.2, 0.25) is 0 Å². The van der Waals surface area contributed by atoms with Gasteiger partial charge in [-0.15, -0.1) is 0 Å². The lowest BCUT2D eigenvalue weighted by molar-refractivity contribution is -0.151. The number of aliphatic carboxylic acids is 1. The molecule has 1 amide bonds. The molecule has 2 fully saturated rings. The minimum absolute atomic E-state index is 0.0109. The molecular weight excluding hydrogens is 294 g/mol. The number of carbonyl (C=O) groups is 2. The van der Waals surface area contributed by atoms with Crippen molar-refractivity contribution in [3.05, 3.63) is 0 Å². The number of fused-ring (bicyclic) bond motifs is 2. The highest BCUT2D eigenvalue weighted by Crippen LogP contribution is 2.44. The van der Waals surface area contributed by atoms with E-state index in [-0.39, 0.29) is 18.1 Å². The highest BCUT2D eigenvalue weighted by atomic mass is 16.5. The molecule has 4 atom stereocenters. The van der Waals surface area contributed by atoms with Gasteiger partial charge in [-0.1, -0.05) is 39.5 Å². The Hall–Kier alpha value is -1.10. The number of rotatable bonds is 10. The molecule has 0 saturated carbocycles.